The lowest BCUT2D eigenvalue weighted by Gasteiger charge is -2.16. The minimum Gasteiger partial charge on any atom is -0.497 e. The molecule has 0 aromatic heterocycles. The molecule has 7 heteroatoms. The number of carbonyl (C=O) groups is 2. The molecule has 0 spiro atoms. The predicted octanol–water partition coefficient (Wildman–Crippen LogP) is 4.88. The number of methoxy groups -OCH3 is 1. The fourth-order valence-electron chi connectivity index (χ4n) is 3.34. The van der Waals surface area contributed by atoms with E-state index in [4.69, 9.17) is 16.3 Å². The average molecular weight is 437 g/mol. The van der Waals surface area contributed by atoms with Gasteiger partial charge < -0.3 is 10.1 Å². The maximum Gasteiger partial charge on any atom is 0.278 e. The first-order valence-electron chi connectivity index (χ1n) is 9.49. The summed E-state index contributed by atoms with van der Waals surface area (Å²) in [5.41, 5.74) is 1.99. The van der Waals surface area contributed by atoms with E-state index in [-0.39, 0.29) is 17.8 Å². The SMILES string of the molecule is COc1ccc(NC2=C(c3ccc(F)cc3)C(=O)N(Cc3ccccc3Cl)C2=O)cc1. The average Bonchev–Trinajstić information content (AvgIpc) is 3.00. The van der Waals surface area contributed by atoms with E-state index in [0.717, 1.165) is 4.90 Å². The zero-order chi connectivity index (χ0) is 22.0. The number of carbonyl (C=O) groups excluding carboxylic acids is 2. The molecule has 3 aromatic carbocycles. The van der Waals surface area contributed by atoms with Crippen molar-refractivity contribution in [2.24, 2.45) is 0 Å². The van der Waals surface area contributed by atoms with E-state index in [9.17, 15) is 14.0 Å². The van der Waals surface area contributed by atoms with E-state index in [1.807, 2.05) is 0 Å². The molecule has 0 bridgehead atoms. The van der Waals surface area contributed by atoms with Crippen LogP contribution in [0.25, 0.3) is 5.57 Å². The highest BCUT2D eigenvalue weighted by Crippen LogP contribution is 2.32. The van der Waals surface area contributed by atoms with Crippen LogP contribution in [-0.4, -0.2) is 23.8 Å². The van der Waals surface area contributed by atoms with E-state index in [1.165, 1.54) is 24.3 Å². The van der Waals surface area contributed by atoms with Crippen LogP contribution in [0.3, 0.4) is 0 Å². The van der Waals surface area contributed by atoms with Gasteiger partial charge in [-0.3, -0.25) is 14.5 Å². The number of halogens is 2. The molecule has 5 nitrogen and oxygen atoms in total. The standard InChI is InChI=1S/C24H18ClFN2O3/c1-31-19-12-10-18(11-13-19)27-22-21(15-6-8-17(26)9-7-15)23(29)28(24(22)30)14-16-4-2-3-5-20(16)25/h2-13,27H,14H2,1H3. The number of imide groups is 1. The molecule has 0 atom stereocenters. The van der Waals surface area contributed by atoms with E-state index >= 15 is 0 Å². The summed E-state index contributed by atoms with van der Waals surface area (Å²) < 4.78 is 18.6. The molecule has 1 aliphatic rings. The van der Waals surface area contributed by atoms with Crippen LogP contribution in [0.2, 0.25) is 5.02 Å². The van der Waals surface area contributed by atoms with Crippen molar-refractivity contribution >= 4 is 34.7 Å². The van der Waals surface area contributed by atoms with E-state index in [0.29, 0.717) is 27.6 Å². The predicted molar refractivity (Wildman–Crippen MR) is 117 cm³/mol. The van der Waals surface area contributed by atoms with Crippen LogP contribution in [0.4, 0.5) is 10.1 Å². The summed E-state index contributed by atoms with van der Waals surface area (Å²) in [4.78, 5) is 27.7. The Bertz CT molecular complexity index is 1170. The van der Waals surface area contributed by atoms with Gasteiger partial charge in [0, 0.05) is 10.7 Å². The highest BCUT2D eigenvalue weighted by molar-refractivity contribution is 6.36. The summed E-state index contributed by atoms with van der Waals surface area (Å²) in [5, 5.41) is 3.51. The molecule has 1 N–H and O–H groups in total. The number of nitrogens with zero attached hydrogens (tertiary/aromatic N) is 1. The first kappa shape index (κ1) is 20.6. The molecule has 156 valence electrons. The summed E-state index contributed by atoms with van der Waals surface area (Å²) in [7, 11) is 1.56. The zero-order valence-corrected chi connectivity index (χ0v) is 17.3. The number of ether oxygens (including phenoxy) is 1. The summed E-state index contributed by atoms with van der Waals surface area (Å²) in [6, 6.07) is 19.4. The Morgan fingerprint density at radius 1 is 0.935 bits per heavy atom. The zero-order valence-electron chi connectivity index (χ0n) is 16.6. The molecule has 0 radical (unpaired) electrons. The molecule has 2 amide bonds. The molecule has 0 aliphatic carbocycles. The highest BCUT2D eigenvalue weighted by atomic mass is 35.5. The normalized spacial score (nSPS) is 13.7. The maximum absolute atomic E-state index is 13.5. The van der Waals surface area contributed by atoms with Crippen molar-refractivity contribution < 1.29 is 18.7 Å². The lowest BCUT2D eigenvalue weighted by Crippen LogP contribution is -2.32. The Morgan fingerprint density at radius 2 is 1.61 bits per heavy atom. The Kier molecular flexibility index (Phi) is 5.73. The number of hydrogen-bond donors (Lipinski definition) is 1. The van der Waals surface area contributed by atoms with Crippen molar-refractivity contribution in [1.29, 1.82) is 0 Å². The van der Waals surface area contributed by atoms with E-state index in [2.05, 4.69) is 5.32 Å². The van der Waals surface area contributed by atoms with Crippen molar-refractivity contribution in [2.45, 2.75) is 6.54 Å². The van der Waals surface area contributed by atoms with Crippen LogP contribution in [0, 0.1) is 5.82 Å². The van der Waals surface area contributed by atoms with Gasteiger partial charge in [-0.2, -0.15) is 0 Å². The molecule has 4 rings (SSSR count). The number of nitrogens with one attached hydrogen (secondary N) is 1. The quantitative estimate of drug-likeness (QED) is 0.559. The summed E-state index contributed by atoms with van der Waals surface area (Å²) in [5.74, 6) is -0.737. The topological polar surface area (TPSA) is 58.6 Å². The van der Waals surface area contributed by atoms with Gasteiger partial charge in [-0.15, -0.1) is 0 Å². The second-order valence-electron chi connectivity index (χ2n) is 6.90. The molecule has 0 unspecified atom stereocenters. The van der Waals surface area contributed by atoms with Crippen molar-refractivity contribution in [3.63, 3.8) is 0 Å². The second-order valence-corrected chi connectivity index (χ2v) is 7.31. The molecule has 0 saturated heterocycles. The van der Waals surface area contributed by atoms with Crippen molar-refractivity contribution in [3.8, 4) is 5.75 Å². The molecule has 1 heterocycles. The molecule has 0 fully saturated rings. The molecular weight excluding hydrogens is 419 g/mol. The summed E-state index contributed by atoms with van der Waals surface area (Å²) in [6.45, 7) is 0.0236. The third kappa shape index (κ3) is 4.15. The van der Waals surface area contributed by atoms with Crippen LogP contribution >= 0.6 is 11.6 Å². The third-order valence-electron chi connectivity index (χ3n) is 4.95. The smallest absolute Gasteiger partial charge is 0.278 e. The molecule has 1 aliphatic heterocycles. The van der Waals surface area contributed by atoms with Gasteiger partial charge in [-0.25, -0.2) is 4.39 Å². The van der Waals surface area contributed by atoms with Gasteiger partial charge in [0.05, 0.1) is 19.2 Å². The van der Waals surface area contributed by atoms with Gasteiger partial charge in [0.25, 0.3) is 11.8 Å². The molecular formula is C24H18ClFN2O3. The van der Waals surface area contributed by atoms with Crippen molar-refractivity contribution in [3.05, 3.63) is 100 Å². The van der Waals surface area contributed by atoms with Gasteiger partial charge in [0.1, 0.15) is 17.3 Å². The number of rotatable bonds is 6. The Hall–Kier alpha value is -3.64. The first-order valence-corrected chi connectivity index (χ1v) is 9.86. The number of amides is 2. The van der Waals surface area contributed by atoms with E-state index < -0.39 is 17.6 Å². The summed E-state index contributed by atoms with van der Waals surface area (Å²) >= 11 is 6.23. The fraction of sp³-hybridized carbons (Fsp3) is 0.0833. The molecule has 31 heavy (non-hydrogen) atoms. The Balaban J connectivity index is 1.73. The minimum atomic E-state index is -0.486. The highest BCUT2D eigenvalue weighted by Gasteiger charge is 2.39. The first-order chi connectivity index (χ1) is 15.0. The largest absolute Gasteiger partial charge is 0.497 e. The van der Waals surface area contributed by atoms with E-state index in [1.54, 1.807) is 55.6 Å². The third-order valence-corrected chi connectivity index (χ3v) is 5.32. The molecule has 3 aromatic rings. The van der Waals surface area contributed by atoms with Crippen molar-refractivity contribution in [2.75, 3.05) is 12.4 Å². The van der Waals surface area contributed by atoms with Gasteiger partial charge in [-0.05, 0) is 53.6 Å². The van der Waals surface area contributed by atoms with Crippen LogP contribution in [0.5, 0.6) is 5.75 Å². The van der Waals surface area contributed by atoms with Crippen LogP contribution in [0.15, 0.2) is 78.5 Å². The lowest BCUT2D eigenvalue weighted by molar-refractivity contribution is -0.137. The van der Waals surface area contributed by atoms with Crippen LogP contribution in [-0.2, 0) is 16.1 Å². The van der Waals surface area contributed by atoms with Crippen molar-refractivity contribution in [1.82, 2.24) is 4.90 Å². The van der Waals surface area contributed by atoms with Crippen LogP contribution < -0.4 is 10.1 Å². The Labute approximate surface area is 183 Å². The fourth-order valence-corrected chi connectivity index (χ4v) is 3.53. The number of benzene rings is 3. The van der Waals surface area contributed by atoms with Gasteiger partial charge in [-0.1, -0.05) is 41.9 Å². The monoisotopic (exact) mass is 436 g/mol. The van der Waals surface area contributed by atoms with Gasteiger partial charge in [0.2, 0.25) is 0 Å². The van der Waals surface area contributed by atoms with Gasteiger partial charge >= 0.3 is 0 Å². The summed E-state index contributed by atoms with van der Waals surface area (Å²) in [6.07, 6.45) is 0. The maximum atomic E-state index is 13.5. The number of hydrogen-bond acceptors (Lipinski definition) is 4. The van der Waals surface area contributed by atoms with Crippen LogP contribution in [0.1, 0.15) is 11.1 Å². The lowest BCUT2D eigenvalue weighted by atomic mass is 10.0. The number of anilines is 1. The second kappa shape index (κ2) is 8.62. The Morgan fingerprint density at radius 3 is 2.26 bits per heavy atom. The molecule has 0 saturated carbocycles. The van der Waals surface area contributed by atoms with Gasteiger partial charge in [0.15, 0.2) is 0 Å². The minimum absolute atomic E-state index is 0.0236.